The number of ether oxygens (including phenoxy) is 1. The normalized spacial score (nSPS) is 14.8. The SMILES string of the molecule is CC(C)(C)c1ccccc1OCC(=O)NCc1ccc(CN2CCCC2)cc1. The first-order valence-electron chi connectivity index (χ1n) is 10.2. The molecule has 4 nitrogen and oxygen atoms in total. The van der Waals surface area contributed by atoms with Crippen molar-refractivity contribution in [3.63, 3.8) is 0 Å². The van der Waals surface area contributed by atoms with Crippen LogP contribution in [-0.2, 0) is 23.3 Å². The summed E-state index contributed by atoms with van der Waals surface area (Å²) < 4.78 is 5.79. The number of hydrogen-bond donors (Lipinski definition) is 1. The van der Waals surface area contributed by atoms with Crippen LogP contribution in [0.5, 0.6) is 5.75 Å². The van der Waals surface area contributed by atoms with Crippen molar-refractivity contribution in [1.29, 1.82) is 0 Å². The van der Waals surface area contributed by atoms with Crippen molar-refractivity contribution in [3.8, 4) is 5.75 Å². The van der Waals surface area contributed by atoms with E-state index >= 15 is 0 Å². The summed E-state index contributed by atoms with van der Waals surface area (Å²) in [5.74, 6) is 0.668. The Morgan fingerprint density at radius 3 is 2.32 bits per heavy atom. The van der Waals surface area contributed by atoms with E-state index in [1.807, 2.05) is 18.2 Å². The highest BCUT2D eigenvalue weighted by Crippen LogP contribution is 2.30. The Labute approximate surface area is 168 Å². The molecule has 2 aromatic carbocycles. The van der Waals surface area contributed by atoms with Gasteiger partial charge in [0.2, 0.25) is 0 Å². The zero-order chi connectivity index (χ0) is 20.0. The van der Waals surface area contributed by atoms with Gasteiger partial charge in [-0.25, -0.2) is 0 Å². The third kappa shape index (κ3) is 5.83. The maximum absolute atomic E-state index is 12.2. The number of rotatable bonds is 7. The summed E-state index contributed by atoms with van der Waals surface area (Å²) in [6.45, 7) is 10.4. The molecule has 0 saturated carbocycles. The van der Waals surface area contributed by atoms with Crippen LogP contribution in [0.4, 0.5) is 0 Å². The molecule has 1 N–H and O–H groups in total. The number of nitrogens with one attached hydrogen (secondary N) is 1. The number of carbonyl (C=O) groups is 1. The number of nitrogens with zero attached hydrogens (tertiary/aromatic N) is 1. The number of likely N-dealkylation sites (tertiary alicyclic amines) is 1. The average Bonchev–Trinajstić information content (AvgIpc) is 3.18. The molecule has 150 valence electrons. The molecule has 1 aliphatic heterocycles. The van der Waals surface area contributed by atoms with E-state index in [4.69, 9.17) is 4.74 Å². The quantitative estimate of drug-likeness (QED) is 0.780. The lowest BCUT2D eigenvalue weighted by molar-refractivity contribution is -0.123. The van der Waals surface area contributed by atoms with Crippen LogP contribution < -0.4 is 10.1 Å². The monoisotopic (exact) mass is 380 g/mol. The molecule has 1 saturated heterocycles. The molecule has 1 fully saturated rings. The van der Waals surface area contributed by atoms with Gasteiger partial charge in [0.05, 0.1) is 0 Å². The van der Waals surface area contributed by atoms with Crippen molar-refractivity contribution >= 4 is 5.91 Å². The summed E-state index contributed by atoms with van der Waals surface area (Å²) in [7, 11) is 0. The lowest BCUT2D eigenvalue weighted by Crippen LogP contribution is -2.29. The standard InChI is InChI=1S/C24H32N2O2/c1-24(2,3)21-8-4-5-9-22(21)28-18-23(27)25-16-19-10-12-20(13-11-19)17-26-14-6-7-15-26/h4-5,8-13H,6-7,14-18H2,1-3H3,(H,25,27). The van der Waals surface area contributed by atoms with Gasteiger partial charge in [-0.15, -0.1) is 0 Å². The molecule has 0 bridgehead atoms. The summed E-state index contributed by atoms with van der Waals surface area (Å²) in [5, 5.41) is 2.95. The fraction of sp³-hybridized carbons (Fsp3) is 0.458. The van der Waals surface area contributed by atoms with Gasteiger partial charge in [-0.2, -0.15) is 0 Å². The maximum atomic E-state index is 12.2. The van der Waals surface area contributed by atoms with Crippen LogP contribution in [0.1, 0.15) is 50.3 Å². The predicted molar refractivity (Wildman–Crippen MR) is 113 cm³/mol. The predicted octanol–water partition coefficient (Wildman–Crippen LogP) is 4.28. The van der Waals surface area contributed by atoms with Crippen molar-refractivity contribution < 1.29 is 9.53 Å². The molecule has 3 rings (SSSR count). The van der Waals surface area contributed by atoms with Crippen LogP contribution >= 0.6 is 0 Å². The third-order valence-electron chi connectivity index (χ3n) is 5.17. The minimum atomic E-state index is -0.107. The smallest absolute Gasteiger partial charge is 0.258 e. The maximum Gasteiger partial charge on any atom is 0.258 e. The second-order valence-electron chi connectivity index (χ2n) is 8.61. The van der Waals surface area contributed by atoms with Crippen molar-refractivity contribution in [1.82, 2.24) is 10.2 Å². The van der Waals surface area contributed by atoms with Gasteiger partial charge in [0.15, 0.2) is 6.61 Å². The number of carbonyl (C=O) groups excluding carboxylic acids is 1. The Morgan fingerprint density at radius 2 is 1.64 bits per heavy atom. The number of para-hydroxylation sites is 1. The molecule has 1 heterocycles. The van der Waals surface area contributed by atoms with Gasteiger partial charge in [0.1, 0.15) is 5.75 Å². The minimum Gasteiger partial charge on any atom is -0.483 e. The average molecular weight is 381 g/mol. The van der Waals surface area contributed by atoms with Crippen LogP contribution in [0.3, 0.4) is 0 Å². The van der Waals surface area contributed by atoms with Crippen LogP contribution in [0.2, 0.25) is 0 Å². The summed E-state index contributed by atoms with van der Waals surface area (Å²) in [4.78, 5) is 14.7. The van der Waals surface area contributed by atoms with E-state index in [1.54, 1.807) is 0 Å². The van der Waals surface area contributed by atoms with Crippen LogP contribution in [0.25, 0.3) is 0 Å². The molecule has 0 spiro atoms. The highest BCUT2D eigenvalue weighted by atomic mass is 16.5. The van der Waals surface area contributed by atoms with Gasteiger partial charge < -0.3 is 10.1 Å². The second-order valence-corrected chi connectivity index (χ2v) is 8.61. The molecule has 0 aromatic heterocycles. The van der Waals surface area contributed by atoms with Gasteiger partial charge in [0, 0.05) is 13.1 Å². The molecule has 4 heteroatoms. The zero-order valence-corrected chi connectivity index (χ0v) is 17.3. The Hall–Kier alpha value is -2.33. The van der Waals surface area contributed by atoms with E-state index in [1.165, 1.54) is 31.5 Å². The van der Waals surface area contributed by atoms with Gasteiger partial charge in [0.25, 0.3) is 5.91 Å². The summed E-state index contributed by atoms with van der Waals surface area (Å²) in [6, 6.07) is 16.4. The van der Waals surface area contributed by atoms with Crippen molar-refractivity contribution in [2.75, 3.05) is 19.7 Å². The molecule has 0 atom stereocenters. The number of benzene rings is 2. The topological polar surface area (TPSA) is 41.6 Å². The Bertz CT molecular complexity index is 772. The zero-order valence-electron chi connectivity index (χ0n) is 17.3. The molecular weight excluding hydrogens is 348 g/mol. The van der Waals surface area contributed by atoms with Gasteiger partial charge >= 0.3 is 0 Å². The Balaban J connectivity index is 1.46. The first kappa shape index (κ1) is 20.4. The minimum absolute atomic E-state index is 0.0239. The van der Waals surface area contributed by atoms with Crippen LogP contribution in [0, 0.1) is 0 Å². The molecule has 0 unspecified atom stereocenters. The summed E-state index contributed by atoms with van der Waals surface area (Å²) in [6.07, 6.45) is 2.62. The largest absolute Gasteiger partial charge is 0.483 e. The highest BCUT2D eigenvalue weighted by Gasteiger charge is 2.18. The molecule has 0 radical (unpaired) electrons. The third-order valence-corrected chi connectivity index (χ3v) is 5.17. The van der Waals surface area contributed by atoms with Gasteiger partial charge in [-0.05, 0) is 54.1 Å². The first-order chi connectivity index (χ1) is 13.4. The van der Waals surface area contributed by atoms with E-state index in [0.29, 0.717) is 6.54 Å². The Kier molecular flexibility index (Phi) is 6.74. The van der Waals surface area contributed by atoms with Gasteiger partial charge in [-0.1, -0.05) is 63.2 Å². The van der Waals surface area contributed by atoms with Crippen molar-refractivity contribution in [2.24, 2.45) is 0 Å². The first-order valence-corrected chi connectivity index (χ1v) is 10.2. The summed E-state index contributed by atoms with van der Waals surface area (Å²) in [5.41, 5.74) is 3.52. The number of hydrogen-bond acceptors (Lipinski definition) is 3. The van der Waals surface area contributed by atoms with E-state index in [9.17, 15) is 4.79 Å². The summed E-state index contributed by atoms with van der Waals surface area (Å²) >= 11 is 0. The van der Waals surface area contributed by atoms with Crippen LogP contribution in [0.15, 0.2) is 48.5 Å². The molecule has 1 amide bonds. The lowest BCUT2D eigenvalue weighted by atomic mass is 9.86. The molecule has 28 heavy (non-hydrogen) atoms. The van der Waals surface area contributed by atoms with E-state index in [2.05, 4.69) is 61.3 Å². The van der Waals surface area contributed by atoms with E-state index in [0.717, 1.165) is 23.4 Å². The van der Waals surface area contributed by atoms with Gasteiger partial charge in [-0.3, -0.25) is 9.69 Å². The molecule has 2 aromatic rings. The van der Waals surface area contributed by atoms with Crippen molar-refractivity contribution in [2.45, 2.75) is 52.1 Å². The molecule has 0 aliphatic carbocycles. The molecule has 1 aliphatic rings. The lowest BCUT2D eigenvalue weighted by Gasteiger charge is -2.22. The second kappa shape index (κ2) is 9.24. The van der Waals surface area contributed by atoms with E-state index in [-0.39, 0.29) is 17.9 Å². The van der Waals surface area contributed by atoms with E-state index < -0.39 is 0 Å². The fourth-order valence-corrected chi connectivity index (χ4v) is 3.57. The van der Waals surface area contributed by atoms with Crippen molar-refractivity contribution in [3.05, 3.63) is 65.2 Å². The highest BCUT2D eigenvalue weighted by molar-refractivity contribution is 5.77. The molecular formula is C24H32N2O2. The van der Waals surface area contributed by atoms with Crippen LogP contribution in [-0.4, -0.2) is 30.5 Å². The number of amides is 1. The fourth-order valence-electron chi connectivity index (χ4n) is 3.57. The Morgan fingerprint density at radius 1 is 1.00 bits per heavy atom.